The second-order valence-electron chi connectivity index (χ2n) is 12.0. The summed E-state index contributed by atoms with van der Waals surface area (Å²) in [5.74, 6) is 0.828. The van der Waals surface area contributed by atoms with E-state index < -0.39 is 0 Å². The Morgan fingerprint density at radius 1 is 0.651 bits per heavy atom. The topological polar surface area (TPSA) is 30.7 Å². The Morgan fingerprint density at radius 2 is 1.40 bits per heavy atom. The van der Waals surface area contributed by atoms with Gasteiger partial charge in [-0.3, -0.25) is 4.57 Å². The summed E-state index contributed by atoms with van der Waals surface area (Å²) in [5, 5.41) is 5.64. The van der Waals surface area contributed by atoms with Crippen molar-refractivity contribution in [1.29, 1.82) is 0 Å². The predicted octanol–water partition coefficient (Wildman–Crippen LogP) is 10.5. The van der Waals surface area contributed by atoms with E-state index >= 15 is 0 Å². The van der Waals surface area contributed by atoms with Crippen LogP contribution >= 0.6 is 11.6 Å². The number of hydrogen-bond acceptors (Lipinski definition) is 2. The van der Waals surface area contributed by atoms with Crippen LogP contribution in [-0.2, 0) is 5.41 Å². The standard InChI is InChI=1S/C39H26ClN3/c1-39(2)29-20-19-28-34-26-13-7-6-10-23(26)16-21-33(34)43(37(28)35(29)27-18-17-25(40)22-30(27)39)38-36(24-11-4-3-5-12-24)41-31-14-8-9-15-32(31)42-38/h3-22H,1-2H3. The van der Waals surface area contributed by atoms with Gasteiger partial charge in [0.1, 0.15) is 5.69 Å². The van der Waals surface area contributed by atoms with Crippen LogP contribution < -0.4 is 0 Å². The fourth-order valence-corrected chi connectivity index (χ4v) is 7.39. The van der Waals surface area contributed by atoms with Crippen molar-refractivity contribution in [2.75, 3.05) is 0 Å². The van der Waals surface area contributed by atoms with E-state index in [-0.39, 0.29) is 5.41 Å². The van der Waals surface area contributed by atoms with Gasteiger partial charge in [-0.1, -0.05) is 116 Å². The second-order valence-corrected chi connectivity index (χ2v) is 12.4. The molecule has 0 saturated carbocycles. The summed E-state index contributed by atoms with van der Waals surface area (Å²) in [5.41, 5.74) is 10.7. The zero-order valence-corrected chi connectivity index (χ0v) is 24.5. The van der Waals surface area contributed by atoms with E-state index in [2.05, 4.69) is 109 Å². The minimum Gasteiger partial charge on any atom is -0.291 e. The van der Waals surface area contributed by atoms with Crippen LogP contribution in [0.2, 0.25) is 5.02 Å². The van der Waals surface area contributed by atoms with Gasteiger partial charge in [-0.05, 0) is 57.8 Å². The van der Waals surface area contributed by atoms with Gasteiger partial charge >= 0.3 is 0 Å². The van der Waals surface area contributed by atoms with Gasteiger partial charge in [0.05, 0.1) is 22.1 Å². The molecule has 9 rings (SSSR count). The van der Waals surface area contributed by atoms with E-state index in [1.165, 1.54) is 43.8 Å². The van der Waals surface area contributed by atoms with Crippen LogP contribution in [0.25, 0.3) is 71.8 Å². The zero-order chi connectivity index (χ0) is 28.9. The van der Waals surface area contributed by atoms with E-state index in [9.17, 15) is 0 Å². The second kappa shape index (κ2) is 8.76. The third-order valence-corrected chi connectivity index (χ3v) is 9.46. The van der Waals surface area contributed by atoms with Gasteiger partial charge in [0.2, 0.25) is 0 Å². The van der Waals surface area contributed by atoms with Gasteiger partial charge in [0.25, 0.3) is 0 Å². The van der Waals surface area contributed by atoms with E-state index in [0.717, 1.165) is 44.2 Å². The minimum absolute atomic E-state index is 0.204. The van der Waals surface area contributed by atoms with Gasteiger partial charge in [-0.25, -0.2) is 9.97 Å². The molecule has 0 fully saturated rings. The highest BCUT2D eigenvalue weighted by Gasteiger charge is 2.38. The Bertz CT molecular complexity index is 2440. The highest BCUT2D eigenvalue weighted by Crippen LogP contribution is 2.54. The maximum atomic E-state index is 6.59. The summed E-state index contributed by atoms with van der Waals surface area (Å²) in [7, 11) is 0. The maximum absolute atomic E-state index is 6.59. The van der Waals surface area contributed by atoms with Crippen molar-refractivity contribution in [2.24, 2.45) is 0 Å². The van der Waals surface area contributed by atoms with Crippen molar-refractivity contribution in [3.63, 3.8) is 0 Å². The molecule has 0 bridgehead atoms. The van der Waals surface area contributed by atoms with Gasteiger partial charge in [-0.15, -0.1) is 0 Å². The number of rotatable bonds is 2. The summed E-state index contributed by atoms with van der Waals surface area (Å²) in [6.07, 6.45) is 0. The predicted molar refractivity (Wildman–Crippen MR) is 179 cm³/mol. The Hall–Kier alpha value is -4.99. The number of benzene rings is 6. The highest BCUT2D eigenvalue weighted by molar-refractivity contribution is 6.31. The molecule has 2 aromatic heterocycles. The number of fused-ring (bicyclic) bond motifs is 10. The summed E-state index contributed by atoms with van der Waals surface area (Å²) < 4.78 is 2.37. The first-order valence-electron chi connectivity index (χ1n) is 14.6. The summed E-state index contributed by atoms with van der Waals surface area (Å²) in [4.78, 5) is 10.6. The molecule has 0 unspecified atom stereocenters. The number of aromatic nitrogens is 3. The SMILES string of the molecule is CC1(C)c2cc(Cl)ccc2-c2c1ccc1c3c4ccccc4ccc3n(-c3nc4ccccc4nc3-c3ccccc3)c21. The monoisotopic (exact) mass is 571 g/mol. The van der Waals surface area contributed by atoms with Gasteiger partial charge in [0, 0.05) is 32.3 Å². The molecule has 0 amide bonds. The summed E-state index contributed by atoms with van der Waals surface area (Å²) in [6, 6.07) is 42.7. The van der Waals surface area contributed by atoms with E-state index in [1.807, 2.05) is 30.3 Å². The smallest absolute Gasteiger partial charge is 0.165 e. The number of hydrogen-bond donors (Lipinski definition) is 0. The third kappa shape index (κ3) is 3.37. The van der Waals surface area contributed by atoms with Crippen molar-refractivity contribution < 1.29 is 0 Å². The number of nitrogens with zero attached hydrogens (tertiary/aromatic N) is 3. The fraction of sp³-hybridized carbons (Fsp3) is 0.0769. The van der Waals surface area contributed by atoms with Crippen molar-refractivity contribution >= 4 is 55.2 Å². The molecule has 6 aromatic carbocycles. The molecule has 1 aliphatic rings. The molecule has 0 spiro atoms. The summed E-state index contributed by atoms with van der Waals surface area (Å²) in [6.45, 7) is 4.60. The van der Waals surface area contributed by atoms with Crippen LogP contribution in [-0.4, -0.2) is 14.5 Å². The van der Waals surface area contributed by atoms with Gasteiger partial charge in [-0.2, -0.15) is 0 Å². The zero-order valence-electron chi connectivity index (χ0n) is 23.8. The lowest BCUT2D eigenvalue weighted by Crippen LogP contribution is -2.15. The quantitative estimate of drug-likeness (QED) is 0.206. The average Bonchev–Trinajstić information content (AvgIpc) is 3.49. The van der Waals surface area contributed by atoms with E-state index in [1.54, 1.807) is 0 Å². The lowest BCUT2D eigenvalue weighted by Gasteiger charge is -2.21. The number of halogens is 1. The van der Waals surface area contributed by atoms with Gasteiger partial charge in [0.15, 0.2) is 5.82 Å². The van der Waals surface area contributed by atoms with Crippen LogP contribution in [0.1, 0.15) is 25.0 Å². The van der Waals surface area contributed by atoms with Crippen molar-refractivity contribution in [1.82, 2.24) is 14.5 Å². The molecule has 43 heavy (non-hydrogen) atoms. The summed E-state index contributed by atoms with van der Waals surface area (Å²) >= 11 is 6.59. The molecule has 0 saturated heterocycles. The van der Waals surface area contributed by atoms with Gasteiger partial charge < -0.3 is 0 Å². The molecule has 4 heteroatoms. The lowest BCUT2D eigenvalue weighted by atomic mass is 9.82. The largest absolute Gasteiger partial charge is 0.291 e. The maximum Gasteiger partial charge on any atom is 0.165 e. The molecular formula is C39H26ClN3. The third-order valence-electron chi connectivity index (χ3n) is 9.23. The lowest BCUT2D eigenvalue weighted by molar-refractivity contribution is 0.661. The molecule has 0 aliphatic heterocycles. The Morgan fingerprint density at radius 3 is 2.23 bits per heavy atom. The number of para-hydroxylation sites is 2. The molecule has 3 nitrogen and oxygen atoms in total. The molecule has 8 aromatic rings. The average molecular weight is 572 g/mol. The highest BCUT2D eigenvalue weighted by atomic mass is 35.5. The fourth-order valence-electron chi connectivity index (χ4n) is 7.22. The van der Waals surface area contributed by atoms with Crippen molar-refractivity contribution in [2.45, 2.75) is 19.3 Å². The Kier molecular flexibility index (Phi) is 5.01. The molecule has 2 heterocycles. The molecule has 0 radical (unpaired) electrons. The van der Waals surface area contributed by atoms with Crippen molar-refractivity contribution in [3.05, 3.63) is 137 Å². The van der Waals surface area contributed by atoms with E-state index in [4.69, 9.17) is 21.6 Å². The Labute approximate surface area is 254 Å². The first-order chi connectivity index (χ1) is 21.0. The van der Waals surface area contributed by atoms with Crippen LogP contribution in [0.3, 0.4) is 0 Å². The van der Waals surface area contributed by atoms with Crippen LogP contribution in [0.15, 0.2) is 121 Å². The molecule has 1 aliphatic carbocycles. The molecule has 204 valence electrons. The molecule has 0 N–H and O–H groups in total. The molecule has 0 atom stereocenters. The first kappa shape index (κ1) is 24.6. The van der Waals surface area contributed by atoms with E-state index in [0.29, 0.717) is 0 Å². The molecular weight excluding hydrogens is 546 g/mol. The normalized spacial score (nSPS) is 13.7. The first-order valence-corrected chi connectivity index (χ1v) is 15.0. The Balaban J connectivity index is 1.54. The van der Waals surface area contributed by atoms with Crippen LogP contribution in [0.4, 0.5) is 0 Å². The van der Waals surface area contributed by atoms with Crippen LogP contribution in [0.5, 0.6) is 0 Å². The van der Waals surface area contributed by atoms with Crippen molar-refractivity contribution in [3.8, 4) is 28.2 Å². The van der Waals surface area contributed by atoms with Crippen LogP contribution in [0, 0.1) is 0 Å². The minimum atomic E-state index is -0.204.